The molecule has 0 aliphatic carbocycles. The molecule has 0 amide bonds. The van der Waals surface area contributed by atoms with Gasteiger partial charge in [-0.2, -0.15) is 0 Å². The van der Waals surface area contributed by atoms with E-state index in [9.17, 15) is 0 Å². The highest BCUT2D eigenvalue weighted by Crippen LogP contribution is 1.68. The third-order valence-electron chi connectivity index (χ3n) is 0.647. The Balaban J connectivity index is 3.39. The molecule has 0 spiro atoms. The maximum Gasteiger partial charge on any atom is 0.216 e. The molecule has 0 aliphatic rings. The molecule has 0 rings (SSSR count). The highest BCUT2D eigenvalue weighted by Gasteiger charge is 1.85. The van der Waals surface area contributed by atoms with Gasteiger partial charge >= 0.3 is 0 Å². The maximum absolute atomic E-state index is 5.04. The Hall–Kier alpha value is -1.42. The predicted molar refractivity (Wildman–Crippen MR) is 38.5 cm³/mol. The first-order valence-corrected chi connectivity index (χ1v) is 2.78. The van der Waals surface area contributed by atoms with Crippen LogP contribution in [0.5, 0.6) is 0 Å². The van der Waals surface area contributed by atoms with Crippen LogP contribution in [0.15, 0.2) is 15.2 Å². The SMILES string of the molecule is CN=[N+]=NCCN=C(N)N. The van der Waals surface area contributed by atoms with Gasteiger partial charge in [0.2, 0.25) is 4.91 Å². The van der Waals surface area contributed by atoms with E-state index in [-0.39, 0.29) is 5.96 Å². The highest BCUT2D eigenvalue weighted by atomic mass is 15.2. The molecule has 4 N–H and O–H groups in total. The number of hydrogen-bond donors (Lipinski definition) is 2. The van der Waals surface area contributed by atoms with Crippen molar-refractivity contribution in [3.8, 4) is 0 Å². The molecule has 0 unspecified atom stereocenters. The molecule has 0 aliphatic heterocycles. The number of nitrogens with two attached hydrogens (primary N) is 2. The average Bonchev–Trinajstić information content (AvgIpc) is 1.87. The van der Waals surface area contributed by atoms with Crippen molar-refractivity contribution < 1.29 is 0 Å². The lowest BCUT2D eigenvalue weighted by Gasteiger charge is -1.84. The van der Waals surface area contributed by atoms with Gasteiger partial charge in [-0.1, -0.05) is 0 Å². The Morgan fingerprint density at radius 2 is 2.10 bits per heavy atom. The van der Waals surface area contributed by atoms with Crippen LogP contribution in [-0.2, 0) is 0 Å². The summed E-state index contributed by atoms with van der Waals surface area (Å²) in [4.78, 5) is 7.04. The summed E-state index contributed by atoms with van der Waals surface area (Å²) in [6.07, 6.45) is 0. The van der Waals surface area contributed by atoms with Gasteiger partial charge < -0.3 is 11.5 Å². The Morgan fingerprint density at radius 3 is 2.60 bits per heavy atom. The quantitative estimate of drug-likeness (QED) is 0.171. The fourth-order valence-corrected chi connectivity index (χ4v) is 0.332. The summed E-state index contributed by atoms with van der Waals surface area (Å²) in [7, 11) is 1.55. The standard InChI is InChI=1S/C4H11N6/c1-7-10-9-3-2-8-4(5)6/h2-3H2,1H3,(H4,5,6,8)/q+1. The third kappa shape index (κ3) is 6.58. The molecule has 0 aromatic rings. The molecule has 6 nitrogen and oxygen atoms in total. The Labute approximate surface area is 58.8 Å². The van der Waals surface area contributed by atoms with Crippen LogP contribution in [0.3, 0.4) is 0 Å². The van der Waals surface area contributed by atoms with Gasteiger partial charge in [0.15, 0.2) is 5.96 Å². The molecule has 10 heavy (non-hydrogen) atoms. The zero-order chi connectivity index (χ0) is 7.82. The molecule has 0 radical (unpaired) electrons. The van der Waals surface area contributed by atoms with Gasteiger partial charge in [-0.25, -0.2) is 0 Å². The van der Waals surface area contributed by atoms with E-state index >= 15 is 0 Å². The van der Waals surface area contributed by atoms with E-state index in [0.29, 0.717) is 13.1 Å². The molecular weight excluding hydrogens is 132 g/mol. The van der Waals surface area contributed by atoms with Crippen molar-refractivity contribution in [3.63, 3.8) is 0 Å². The van der Waals surface area contributed by atoms with Crippen LogP contribution in [0, 0.1) is 0 Å². The largest absolute Gasteiger partial charge is 0.370 e. The van der Waals surface area contributed by atoms with Crippen molar-refractivity contribution >= 4 is 5.96 Å². The minimum Gasteiger partial charge on any atom is -0.370 e. The maximum atomic E-state index is 5.04. The lowest BCUT2D eigenvalue weighted by molar-refractivity contribution is 0.855. The van der Waals surface area contributed by atoms with Crippen LogP contribution in [0.2, 0.25) is 0 Å². The van der Waals surface area contributed by atoms with Crippen LogP contribution < -0.4 is 16.4 Å². The smallest absolute Gasteiger partial charge is 0.216 e. The molecule has 0 atom stereocenters. The molecular formula is C4H11N6+. The fraction of sp³-hybridized carbons (Fsp3) is 0.750. The summed E-state index contributed by atoms with van der Waals surface area (Å²) >= 11 is 0. The molecule has 0 bridgehead atoms. The van der Waals surface area contributed by atoms with Gasteiger partial charge in [-0.15, -0.1) is 0 Å². The Morgan fingerprint density at radius 1 is 1.40 bits per heavy atom. The van der Waals surface area contributed by atoms with Crippen molar-refractivity contribution in [2.75, 3.05) is 20.1 Å². The average molecular weight is 143 g/mol. The normalized spacial score (nSPS) is 7.70. The number of rotatable bonds is 3. The monoisotopic (exact) mass is 143 g/mol. The molecule has 0 aromatic carbocycles. The summed E-state index contributed by atoms with van der Waals surface area (Å²) in [5.74, 6) is 0.0728. The second kappa shape index (κ2) is 5.71. The highest BCUT2D eigenvalue weighted by molar-refractivity contribution is 5.75. The Bertz CT molecular complexity index is 161. The first-order valence-electron chi connectivity index (χ1n) is 2.78. The van der Waals surface area contributed by atoms with Crippen LogP contribution in [0.1, 0.15) is 0 Å². The van der Waals surface area contributed by atoms with Crippen molar-refractivity contribution in [1.82, 2.24) is 4.91 Å². The molecule has 0 fully saturated rings. The summed E-state index contributed by atoms with van der Waals surface area (Å²) in [5.41, 5.74) is 10.1. The number of nitrogens with zero attached hydrogens (tertiary/aromatic N) is 4. The molecule has 0 saturated heterocycles. The number of guanidine groups is 1. The van der Waals surface area contributed by atoms with Crippen LogP contribution in [-0.4, -0.2) is 26.1 Å². The van der Waals surface area contributed by atoms with E-state index in [1.807, 2.05) is 0 Å². The summed E-state index contributed by atoms with van der Waals surface area (Å²) in [5, 5.41) is 7.00. The number of aliphatic imine (C=N–C) groups is 1. The van der Waals surface area contributed by atoms with E-state index in [1.54, 1.807) is 7.05 Å². The summed E-state index contributed by atoms with van der Waals surface area (Å²) in [6, 6.07) is 0. The van der Waals surface area contributed by atoms with Gasteiger partial charge in [-0.3, -0.25) is 4.99 Å². The lowest BCUT2D eigenvalue weighted by Crippen LogP contribution is -2.23. The van der Waals surface area contributed by atoms with Crippen molar-refractivity contribution in [3.05, 3.63) is 0 Å². The van der Waals surface area contributed by atoms with Gasteiger partial charge in [-0.05, 0) is 0 Å². The van der Waals surface area contributed by atoms with Crippen molar-refractivity contribution in [1.29, 1.82) is 0 Å². The van der Waals surface area contributed by atoms with E-state index in [4.69, 9.17) is 11.5 Å². The van der Waals surface area contributed by atoms with Crippen LogP contribution >= 0.6 is 0 Å². The predicted octanol–water partition coefficient (Wildman–Crippen LogP) is -1.14. The fourth-order valence-electron chi connectivity index (χ4n) is 0.332. The van der Waals surface area contributed by atoms with Crippen molar-refractivity contribution in [2.24, 2.45) is 26.7 Å². The minimum atomic E-state index is 0.0728. The van der Waals surface area contributed by atoms with Crippen LogP contribution in [0.4, 0.5) is 0 Å². The van der Waals surface area contributed by atoms with E-state index in [2.05, 4.69) is 20.1 Å². The Kier molecular flexibility index (Phi) is 4.90. The summed E-state index contributed by atoms with van der Waals surface area (Å²) < 4.78 is 0. The van der Waals surface area contributed by atoms with E-state index in [1.165, 1.54) is 0 Å². The lowest BCUT2D eigenvalue weighted by atomic mass is 10.7. The van der Waals surface area contributed by atoms with Gasteiger partial charge in [0.25, 0.3) is 0 Å². The molecule has 0 saturated carbocycles. The molecule has 0 heterocycles. The zero-order valence-corrected chi connectivity index (χ0v) is 5.86. The second-order valence-electron chi connectivity index (χ2n) is 1.46. The molecule has 6 heteroatoms. The molecule has 0 aromatic heterocycles. The second-order valence-corrected chi connectivity index (χ2v) is 1.46. The first-order chi connectivity index (χ1) is 4.77. The zero-order valence-electron chi connectivity index (χ0n) is 5.86. The van der Waals surface area contributed by atoms with Crippen molar-refractivity contribution in [2.45, 2.75) is 0 Å². The van der Waals surface area contributed by atoms with E-state index < -0.39 is 0 Å². The summed E-state index contributed by atoms with van der Waals surface area (Å²) in [6.45, 7) is 0.927. The van der Waals surface area contributed by atoms with Gasteiger partial charge in [0.05, 0.1) is 6.54 Å². The van der Waals surface area contributed by atoms with Gasteiger partial charge in [0, 0.05) is 0 Å². The van der Waals surface area contributed by atoms with Crippen LogP contribution in [0.25, 0.3) is 0 Å². The minimum absolute atomic E-state index is 0.0728. The van der Waals surface area contributed by atoms with Gasteiger partial charge in [0.1, 0.15) is 23.8 Å². The first kappa shape index (κ1) is 8.58. The molecule has 56 valence electrons. The van der Waals surface area contributed by atoms with E-state index in [0.717, 1.165) is 0 Å². The third-order valence-corrected chi connectivity index (χ3v) is 0.647. The topological polar surface area (TPSA) is 103 Å². The number of hydrogen-bond acceptors (Lipinski definition) is 3.